The number of aromatic nitrogens is 1. The summed E-state index contributed by atoms with van der Waals surface area (Å²) in [5, 5.41) is 21.3. The maximum atomic E-state index is 11.8. The van der Waals surface area contributed by atoms with Gasteiger partial charge in [0.25, 0.3) is 0 Å². The van der Waals surface area contributed by atoms with E-state index in [-0.39, 0.29) is 17.4 Å². The Morgan fingerprint density at radius 1 is 1.23 bits per heavy atom. The van der Waals surface area contributed by atoms with Crippen LogP contribution in [0.2, 0.25) is 0 Å². The molecule has 26 heavy (non-hydrogen) atoms. The van der Waals surface area contributed by atoms with Gasteiger partial charge in [0.15, 0.2) is 0 Å². The normalized spacial score (nSPS) is 33.7. The molecule has 6 heteroatoms. The second-order valence-corrected chi connectivity index (χ2v) is 7.99. The van der Waals surface area contributed by atoms with Gasteiger partial charge >= 0.3 is 5.97 Å². The molecule has 1 aromatic carbocycles. The Kier molecular flexibility index (Phi) is 4.29. The molecule has 1 saturated carbocycles. The maximum absolute atomic E-state index is 11.8. The van der Waals surface area contributed by atoms with Crippen LogP contribution in [0, 0.1) is 17.8 Å². The molecule has 0 spiro atoms. The third-order valence-corrected chi connectivity index (χ3v) is 6.83. The number of H-pyrrole nitrogens is 1. The quantitative estimate of drug-likeness (QED) is 0.721. The smallest absolute Gasteiger partial charge is 0.309 e. The van der Waals surface area contributed by atoms with Gasteiger partial charge in [0.1, 0.15) is 0 Å². The Bertz CT molecular complexity index is 832. The van der Waals surface area contributed by atoms with Crippen molar-refractivity contribution in [3.63, 3.8) is 0 Å². The van der Waals surface area contributed by atoms with Crippen molar-refractivity contribution in [1.29, 1.82) is 0 Å². The van der Waals surface area contributed by atoms with Crippen LogP contribution in [0.3, 0.4) is 0 Å². The molecule has 2 aliphatic heterocycles. The number of para-hydroxylation sites is 1. The zero-order valence-corrected chi connectivity index (χ0v) is 14.7. The molecular formula is C20H26N2O4. The van der Waals surface area contributed by atoms with Gasteiger partial charge in [-0.3, -0.25) is 9.69 Å². The minimum atomic E-state index is -0.830. The molecule has 140 valence electrons. The molecule has 1 aromatic heterocycles. The van der Waals surface area contributed by atoms with Crippen molar-refractivity contribution in [1.82, 2.24) is 9.88 Å². The average Bonchev–Trinajstić information content (AvgIpc) is 2.99. The van der Waals surface area contributed by atoms with Gasteiger partial charge in [-0.25, -0.2) is 0 Å². The van der Waals surface area contributed by atoms with Crippen LogP contribution in [0.15, 0.2) is 24.3 Å². The third-order valence-electron chi connectivity index (χ3n) is 6.83. The van der Waals surface area contributed by atoms with Gasteiger partial charge < -0.3 is 20.7 Å². The first-order chi connectivity index (χ1) is 12.1. The molecule has 2 fully saturated rings. The number of rotatable bonds is 1. The van der Waals surface area contributed by atoms with Gasteiger partial charge in [-0.1, -0.05) is 18.2 Å². The summed E-state index contributed by atoms with van der Waals surface area (Å²) in [6, 6.07) is 8.68. The summed E-state index contributed by atoms with van der Waals surface area (Å²) in [4.78, 5) is 17.9. The molecule has 0 radical (unpaired) electrons. The second-order valence-electron chi connectivity index (χ2n) is 7.99. The van der Waals surface area contributed by atoms with Crippen LogP contribution in [0.4, 0.5) is 0 Å². The van der Waals surface area contributed by atoms with E-state index < -0.39 is 18.0 Å². The molecule has 5 N–H and O–H groups in total. The first-order valence-electron chi connectivity index (χ1n) is 9.38. The summed E-state index contributed by atoms with van der Waals surface area (Å²) in [5.74, 6) is -0.981. The van der Waals surface area contributed by atoms with E-state index in [1.54, 1.807) is 0 Å². The van der Waals surface area contributed by atoms with Crippen molar-refractivity contribution in [3.8, 4) is 0 Å². The van der Waals surface area contributed by atoms with Gasteiger partial charge in [-0.05, 0) is 49.1 Å². The molecule has 2 aromatic rings. The SMILES string of the molecule is O.O=C(O)[C@H]1C(O)CCC2CN3CCc4c([nH]c5ccccc45)C3CC21. The fraction of sp³-hybridized carbons (Fsp3) is 0.550. The summed E-state index contributed by atoms with van der Waals surface area (Å²) in [7, 11) is 0. The fourth-order valence-electron chi connectivity index (χ4n) is 5.68. The van der Waals surface area contributed by atoms with Gasteiger partial charge in [-0.2, -0.15) is 0 Å². The number of fused-ring (bicyclic) bond motifs is 6. The van der Waals surface area contributed by atoms with E-state index in [9.17, 15) is 15.0 Å². The van der Waals surface area contributed by atoms with Crippen molar-refractivity contribution >= 4 is 16.9 Å². The third kappa shape index (κ3) is 2.47. The highest BCUT2D eigenvalue weighted by Crippen LogP contribution is 2.49. The van der Waals surface area contributed by atoms with Crippen LogP contribution < -0.4 is 0 Å². The van der Waals surface area contributed by atoms with Crippen LogP contribution >= 0.6 is 0 Å². The number of nitrogens with one attached hydrogen (secondary N) is 1. The standard InChI is InChI=1S/C20H24N2O3.H2O/c23-17-6-5-11-10-22-8-7-13-12-3-1-2-4-15(12)21-19(13)16(22)9-14(11)18(17)20(24)25;/h1-4,11,14,16-18,21,23H,5-10H2,(H,24,25);1H2/t11?,14?,16?,17?,18-;/m1./s1. The van der Waals surface area contributed by atoms with Crippen molar-refractivity contribution in [2.24, 2.45) is 17.8 Å². The lowest BCUT2D eigenvalue weighted by atomic mass is 9.65. The number of carboxylic acids is 1. The number of hydrogen-bond donors (Lipinski definition) is 3. The van der Waals surface area contributed by atoms with Crippen molar-refractivity contribution in [2.75, 3.05) is 13.1 Å². The minimum Gasteiger partial charge on any atom is -0.481 e. The zero-order chi connectivity index (χ0) is 17.1. The zero-order valence-electron chi connectivity index (χ0n) is 14.7. The number of aliphatic carboxylic acids is 1. The highest BCUT2D eigenvalue weighted by atomic mass is 16.4. The van der Waals surface area contributed by atoms with Crippen LogP contribution in [-0.4, -0.2) is 50.7 Å². The topological polar surface area (TPSA) is 108 Å². The monoisotopic (exact) mass is 358 g/mol. The molecule has 4 unspecified atom stereocenters. The Morgan fingerprint density at radius 3 is 2.85 bits per heavy atom. The van der Waals surface area contributed by atoms with Crippen molar-refractivity contribution < 1.29 is 20.5 Å². The Labute approximate surface area is 152 Å². The number of aromatic amines is 1. The number of carbonyl (C=O) groups is 1. The largest absolute Gasteiger partial charge is 0.481 e. The van der Waals surface area contributed by atoms with Crippen LogP contribution in [0.5, 0.6) is 0 Å². The van der Waals surface area contributed by atoms with E-state index in [0.29, 0.717) is 12.3 Å². The molecular weight excluding hydrogens is 332 g/mol. The maximum Gasteiger partial charge on any atom is 0.309 e. The lowest BCUT2D eigenvalue weighted by Gasteiger charge is -2.50. The van der Waals surface area contributed by atoms with E-state index in [1.165, 1.54) is 22.2 Å². The number of carboxylic acid groups (broad SMARTS) is 1. The molecule has 0 bridgehead atoms. The van der Waals surface area contributed by atoms with E-state index >= 15 is 0 Å². The Hall–Kier alpha value is -1.89. The lowest BCUT2D eigenvalue weighted by molar-refractivity contribution is -0.156. The van der Waals surface area contributed by atoms with Crippen molar-refractivity contribution in [2.45, 2.75) is 37.8 Å². The summed E-state index contributed by atoms with van der Waals surface area (Å²) in [6.07, 6.45) is 2.75. The Morgan fingerprint density at radius 2 is 2.04 bits per heavy atom. The van der Waals surface area contributed by atoms with Gasteiger partial charge in [-0.15, -0.1) is 0 Å². The summed E-state index contributed by atoms with van der Waals surface area (Å²) < 4.78 is 0. The van der Waals surface area contributed by atoms with Gasteiger partial charge in [0, 0.05) is 29.7 Å². The Balaban J connectivity index is 0.00000168. The molecule has 1 aliphatic carbocycles. The number of aliphatic hydroxyl groups is 1. The van der Waals surface area contributed by atoms with Gasteiger partial charge in [0.2, 0.25) is 0 Å². The lowest BCUT2D eigenvalue weighted by Crippen LogP contribution is -2.53. The highest BCUT2D eigenvalue weighted by molar-refractivity contribution is 5.85. The number of hydrogen-bond acceptors (Lipinski definition) is 3. The van der Waals surface area contributed by atoms with E-state index in [4.69, 9.17) is 0 Å². The molecule has 3 heterocycles. The predicted molar refractivity (Wildman–Crippen MR) is 97.9 cm³/mol. The number of piperidine rings is 1. The number of nitrogens with zero attached hydrogens (tertiary/aromatic N) is 1. The van der Waals surface area contributed by atoms with Crippen molar-refractivity contribution in [3.05, 3.63) is 35.5 Å². The summed E-state index contributed by atoms with van der Waals surface area (Å²) in [5.41, 5.74) is 3.85. The predicted octanol–water partition coefficient (Wildman–Crippen LogP) is 1.73. The molecule has 5 rings (SSSR count). The fourth-order valence-corrected chi connectivity index (χ4v) is 5.68. The summed E-state index contributed by atoms with van der Waals surface area (Å²) >= 11 is 0. The van der Waals surface area contributed by atoms with Crippen LogP contribution in [0.25, 0.3) is 10.9 Å². The average molecular weight is 358 g/mol. The second kappa shape index (κ2) is 6.37. The van der Waals surface area contributed by atoms with Crippen LogP contribution in [0.1, 0.15) is 36.6 Å². The molecule has 3 aliphatic rings. The van der Waals surface area contributed by atoms with E-state index in [0.717, 1.165) is 32.4 Å². The highest BCUT2D eigenvalue weighted by Gasteiger charge is 2.49. The van der Waals surface area contributed by atoms with E-state index in [2.05, 4.69) is 34.1 Å². The molecule has 1 saturated heterocycles. The summed E-state index contributed by atoms with van der Waals surface area (Å²) in [6.45, 7) is 2.00. The first kappa shape index (κ1) is 17.5. The number of benzene rings is 1. The first-order valence-corrected chi connectivity index (χ1v) is 9.38. The van der Waals surface area contributed by atoms with E-state index in [1.807, 2.05) is 0 Å². The minimum absolute atomic E-state index is 0. The molecule has 6 nitrogen and oxygen atoms in total. The van der Waals surface area contributed by atoms with Gasteiger partial charge in [0.05, 0.1) is 18.1 Å². The molecule has 0 amide bonds. The number of aliphatic hydroxyl groups excluding tert-OH is 1. The van der Waals surface area contributed by atoms with Crippen LogP contribution in [-0.2, 0) is 11.2 Å². The molecule has 5 atom stereocenters.